The second-order valence-corrected chi connectivity index (χ2v) is 9.93. The molecule has 9 heteroatoms. The molecule has 5 nitrogen and oxygen atoms in total. The third-order valence-corrected chi connectivity index (χ3v) is 7.01. The van der Waals surface area contributed by atoms with E-state index in [1.54, 1.807) is 54.6 Å². The van der Waals surface area contributed by atoms with Crippen LogP contribution in [-0.2, 0) is 14.8 Å². The number of halogens is 3. The molecule has 29 heavy (non-hydrogen) atoms. The molecule has 1 N–H and O–H groups in total. The fourth-order valence-corrected chi connectivity index (χ4v) is 4.69. The number of nitrogens with zero attached hydrogens (tertiary/aromatic N) is 1. The van der Waals surface area contributed by atoms with Crippen LogP contribution in [0.1, 0.15) is 0 Å². The summed E-state index contributed by atoms with van der Waals surface area (Å²) in [5.41, 5.74) is 0.686. The Morgan fingerprint density at radius 3 is 2.28 bits per heavy atom. The number of hydrogen-bond acceptors (Lipinski definition) is 3. The monoisotopic (exact) mass is 560 g/mol. The minimum Gasteiger partial charge on any atom is -0.323 e. The Balaban J connectivity index is 1.94. The first-order chi connectivity index (χ1) is 13.8. The molecule has 0 fully saturated rings. The molecule has 0 aromatic heterocycles. The van der Waals surface area contributed by atoms with E-state index in [1.807, 2.05) is 0 Å². The summed E-state index contributed by atoms with van der Waals surface area (Å²) in [5.74, 6) is -0.549. The van der Waals surface area contributed by atoms with Gasteiger partial charge in [-0.15, -0.1) is 0 Å². The van der Waals surface area contributed by atoms with E-state index in [9.17, 15) is 13.2 Å². The van der Waals surface area contributed by atoms with Crippen LogP contribution >= 0.6 is 45.8 Å². The van der Waals surface area contributed by atoms with E-state index >= 15 is 0 Å². The third-order valence-electron chi connectivity index (χ3n) is 3.94. The second kappa shape index (κ2) is 9.34. The number of benzene rings is 3. The van der Waals surface area contributed by atoms with Crippen LogP contribution in [0.15, 0.2) is 77.7 Å². The van der Waals surface area contributed by atoms with E-state index < -0.39 is 22.5 Å². The van der Waals surface area contributed by atoms with Crippen molar-refractivity contribution >= 4 is 73.1 Å². The number of sulfonamides is 1. The van der Waals surface area contributed by atoms with E-state index in [-0.39, 0.29) is 4.90 Å². The maximum atomic E-state index is 13.2. The highest BCUT2D eigenvalue weighted by Crippen LogP contribution is 2.27. The van der Waals surface area contributed by atoms with Crippen molar-refractivity contribution in [1.29, 1.82) is 0 Å². The number of amides is 1. The lowest BCUT2D eigenvalue weighted by molar-refractivity contribution is -0.114. The van der Waals surface area contributed by atoms with Crippen LogP contribution in [0.3, 0.4) is 0 Å². The lowest BCUT2D eigenvalue weighted by atomic mass is 10.3. The molecular weight excluding hydrogens is 546 g/mol. The summed E-state index contributed by atoms with van der Waals surface area (Å²) in [5, 5.41) is 3.32. The van der Waals surface area contributed by atoms with Gasteiger partial charge in [-0.25, -0.2) is 8.42 Å². The normalized spacial score (nSPS) is 11.1. The maximum Gasteiger partial charge on any atom is 0.264 e. The van der Waals surface area contributed by atoms with E-state index in [0.717, 1.165) is 7.88 Å². The summed E-state index contributed by atoms with van der Waals surface area (Å²) in [6, 6.07) is 19.5. The minimum atomic E-state index is -3.96. The predicted molar refractivity (Wildman–Crippen MR) is 125 cm³/mol. The summed E-state index contributed by atoms with van der Waals surface area (Å²) in [6.07, 6.45) is 0. The van der Waals surface area contributed by atoms with Gasteiger partial charge in [0.05, 0.1) is 21.3 Å². The van der Waals surface area contributed by atoms with Crippen molar-refractivity contribution in [3.8, 4) is 0 Å². The predicted octanol–water partition coefficient (Wildman–Crippen LogP) is 5.43. The van der Waals surface area contributed by atoms with Gasteiger partial charge in [-0.3, -0.25) is 9.10 Å². The Kier molecular flexibility index (Phi) is 7.05. The van der Waals surface area contributed by atoms with Gasteiger partial charge in [-0.2, -0.15) is 0 Å². The average molecular weight is 561 g/mol. The first-order valence-corrected chi connectivity index (χ1v) is 11.6. The van der Waals surface area contributed by atoms with Crippen LogP contribution in [0.25, 0.3) is 0 Å². The molecule has 0 atom stereocenters. The largest absolute Gasteiger partial charge is 0.323 e. The van der Waals surface area contributed by atoms with Gasteiger partial charge in [0.15, 0.2) is 0 Å². The van der Waals surface area contributed by atoms with Crippen LogP contribution in [0.4, 0.5) is 11.4 Å². The highest BCUT2D eigenvalue weighted by Gasteiger charge is 2.27. The van der Waals surface area contributed by atoms with Crippen LogP contribution in [0.5, 0.6) is 0 Å². The van der Waals surface area contributed by atoms with Gasteiger partial charge in [-0.05, 0) is 77.2 Å². The van der Waals surface area contributed by atoms with Crippen molar-refractivity contribution in [2.75, 3.05) is 16.2 Å². The Labute approximate surface area is 192 Å². The van der Waals surface area contributed by atoms with Crippen molar-refractivity contribution in [2.24, 2.45) is 0 Å². The Bertz CT molecular complexity index is 1120. The topological polar surface area (TPSA) is 66.5 Å². The maximum absolute atomic E-state index is 13.2. The fraction of sp³-hybridized carbons (Fsp3) is 0.0500. The Morgan fingerprint density at radius 2 is 1.62 bits per heavy atom. The van der Waals surface area contributed by atoms with Gasteiger partial charge in [0.25, 0.3) is 10.0 Å². The van der Waals surface area contributed by atoms with Crippen molar-refractivity contribution in [3.63, 3.8) is 0 Å². The van der Waals surface area contributed by atoms with Gasteiger partial charge < -0.3 is 5.32 Å². The number of hydrogen-bond donors (Lipinski definition) is 1. The molecule has 3 aromatic rings. The van der Waals surface area contributed by atoms with E-state index in [1.165, 1.54) is 18.2 Å². The standard InChI is InChI=1S/C20H15Cl2IN2O3S/c21-14-6-11-18(22)19(12-14)24-20(26)13-25(16-9-7-15(23)8-10-16)29(27,28)17-4-2-1-3-5-17/h1-12H,13H2,(H,24,26). The molecule has 0 spiro atoms. The summed E-state index contributed by atoms with van der Waals surface area (Å²) >= 11 is 14.2. The number of anilines is 2. The van der Waals surface area contributed by atoms with Crippen LogP contribution in [0.2, 0.25) is 10.0 Å². The molecule has 0 heterocycles. The number of rotatable bonds is 6. The molecule has 0 bridgehead atoms. The fourth-order valence-electron chi connectivity index (χ4n) is 2.56. The third kappa shape index (κ3) is 5.42. The summed E-state index contributed by atoms with van der Waals surface area (Å²) in [6.45, 7) is -0.430. The van der Waals surface area contributed by atoms with Crippen molar-refractivity contribution in [1.82, 2.24) is 0 Å². The molecule has 0 aliphatic heterocycles. The van der Waals surface area contributed by atoms with Crippen molar-refractivity contribution < 1.29 is 13.2 Å². The lowest BCUT2D eigenvalue weighted by Crippen LogP contribution is -2.38. The average Bonchev–Trinajstić information content (AvgIpc) is 2.70. The Hall–Kier alpha value is -1.81. The molecule has 0 saturated carbocycles. The molecule has 150 valence electrons. The van der Waals surface area contributed by atoms with Gasteiger partial charge in [-0.1, -0.05) is 41.4 Å². The van der Waals surface area contributed by atoms with E-state index in [2.05, 4.69) is 27.9 Å². The smallest absolute Gasteiger partial charge is 0.264 e. The highest BCUT2D eigenvalue weighted by molar-refractivity contribution is 14.1. The van der Waals surface area contributed by atoms with Crippen molar-refractivity contribution in [3.05, 3.63) is 86.4 Å². The molecule has 3 rings (SSSR count). The van der Waals surface area contributed by atoms with Crippen molar-refractivity contribution in [2.45, 2.75) is 4.90 Å². The number of nitrogens with one attached hydrogen (secondary N) is 1. The van der Waals surface area contributed by atoms with E-state index in [0.29, 0.717) is 21.4 Å². The summed E-state index contributed by atoms with van der Waals surface area (Å²) in [4.78, 5) is 12.8. The first kappa shape index (κ1) is 21.9. The van der Waals surface area contributed by atoms with Crippen LogP contribution in [0, 0.1) is 3.57 Å². The molecule has 3 aromatic carbocycles. The molecular formula is C20H15Cl2IN2O3S. The SMILES string of the molecule is O=C(CN(c1ccc(I)cc1)S(=O)(=O)c1ccccc1)Nc1cc(Cl)ccc1Cl. The Morgan fingerprint density at radius 1 is 0.966 bits per heavy atom. The lowest BCUT2D eigenvalue weighted by Gasteiger charge is -2.24. The summed E-state index contributed by atoms with van der Waals surface area (Å²) < 4.78 is 28.5. The zero-order valence-electron chi connectivity index (χ0n) is 14.8. The molecule has 0 aliphatic rings. The van der Waals surface area contributed by atoms with Gasteiger partial charge >= 0.3 is 0 Å². The summed E-state index contributed by atoms with van der Waals surface area (Å²) in [7, 11) is -3.96. The molecule has 1 amide bonds. The zero-order valence-corrected chi connectivity index (χ0v) is 19.3. The molecule has 0 saturated heterocycles. The van der Waals surface area contributed by atoms with E-state index in [4.69, 9.17) is 23.2 Å². The van der Waals surface area contributed by atoms with Gasteiger partial charge in [0, 0.05) is 8.59 Å². The second-order valence-electron chi connectivity index (χ2n) is 5.97. The number of carbonyl (C=O) groups is 1. The zero-order chi connectivity index (χ0) is 21.0. The first-order valence-electron chi connectivity index (χ1n) is 8.35. The molecule has 0 aliphatic carbocycles. The quantitative estimate of drug-likeness (QED) is 0.409. The van der Waals surface area contributed by atoms with Crippen LogP contribution < -0.4 is 9.62 Å². The molecule has 0 radical (unpaired) electrons. The van der Waals surface area contributed by atoms with Crippen LogP contribution in [-0.4, -0.2) is 20.9 Å². The van der Waals surface area contributed by atoms with Gasteiger partial charge in [0.2, 0.25) is 5.91 Å². The number of carbonyl (C=O) groups excluding carboxylic acids is 1. The molecule has 0 unspecified atom stereocenters. The minimum absolute atomic E-state index is 0.0899. The van der Waals surface area contributed by atoms with Gasteiger partial charge in [0.1, 0.15) is 6.54 Å². The highest BCUT2D eigenvalue weighted by atomic mass is 127.